The van der Waals surface area contributed by atoms with Crippen LogP contribution in [-0.2, 0) is 4.79 Å². The molecule has 1 amide bonds. The standard InChI is InChI=1S/C22H30N2O/c1-14(10-13-23)16-5-6-17-15-4-7-19-22(3,12-9-20(25)24-19)18(15)8-11-21(16,17)2/h9-10,12,15-19H,4-8,11H2,1-3H3,(H,24,25)/b14-10+. The van der Waals surface area contributed by atoms with Crippen LogP contribution in [0.2, 0.25) is 0 Å². The molecule has 3 fully saturated rings. The number of nitrogens with one attached hydrogen (secondary N) is 1. The van der Waals surface area contributed by atoms with Crippen molar-refractivity contribution in [2.24, 2.45) is 34.5 Å². The van der Waals surface area contributed by atoms with Crippen molar-refractivity contribution in [1.29, 1.82) is 5.26 Å². The van der Waals surface area contributed by atoms with Gasteiger partial charge >= 0.3 is 0 Å². The first-order chi connectivity index (χ1) is 11.9. The van der Waals surface area contributed by atoms with Crippen molar-refractivity contribution >= 4 is 5.91 Å². The van der Waals surface area contributed by atoms with Gasteiger partial charge in [-0.25, -0.2) is 0 Å². The molecule has 3 heteroatoms. The monoisotopic (exact) mass is 338 g/mol. The molecule has 3 saturated carbocycles. The summed E-state index contributed by atoms with van der Waals surface area (Å²) in [5.41, 5.74) is 1.76. The maximum Gasteiger partial charge on any atom is 0.243 e. The molecule has 4 aliphatic rings. The number of nitriles is 1. The normalized spacial score (nSPS) is 48.8. The molecular formula is C22H30N2O. The molecule has 0 aromatic rings. The molecule has 0 radical (unpaired) electrons. The summed E-state index contributed by atoms with van der Waals surface area (Å²) in [7, 11) is 0. The summed E-state index contributed by atoms with van der Waals surface area (Å²) < 4.78 is 0. The highest BCUT2D eigenvalue weighted by Crippen LogP contribution is 2.65. The van der Waals surface area contributed by atoms with Gasteiger partial charge in [0.25, 0.3) is 0 Å². The van der Waals surface area contributed by atoms with Crippen LogP contribution in [0.5, 0.6) is 0 Å². The van der Waals surface area contributed by atoms with E-state index in [2.05, 4.69) is 38.2 Å². The van der Waals surface area contributed by atoms with Gasteiger partial charge in [0.1, 0.15) is 0 Å². The smallest absolute Gasteiger partial charge is 0.243 e. The summed E-state index contributed by atoms with van der Waals surface area (Å²) in [6, 6.07) is 2.56. The Labute approximate surface area is 151 Å². The summed E-state index contributed by atoms with van der Waals surface area (Å²) in [5.74, 6) is 2.87. The second-order valence-corrected chi connectivity index (χ2v) is 9.41. The molecular weight excluding hydrogens is 308 g/mol. The van der Waals surface area contributed by atoms with Gasteiger partial charge in [-0.3, -0.25) is 4.79 Å². The van der Waals surface area contributed by atoms with E-state index in [0.29, 0.717) is 23.3 Å². The molecule has 25 heavy (non-hydrogen) atoms. The van der Waals surface area contributed by atoms with E-state index in [0.717, 1.165) is 18.3 Å². The predicted octanol–water partition coefficient (Wildman–Crippen LogP) is 4.37. The zero-order chi connectivity index (χ0) is 17.8. The molecule has 0 saturated heterocycles. The number of nitrogens with zero attached hydrogens (tertiary/aromatic N) is 1. The van der Waals surface area contributed by atoms with Crippen LogP contribution in [0.1, 0.15) is 59.3 Å². The summed E-state index contributed by atoms with van der Waals surface area (Å²) in [6.07, 6.45) is 13.2. The summed E-state index contributed by atoms with van der Waals surface area (Å²) in [4.78, 5) is 11.8. The highest BCUT2D eigenvalue weighted by Gasteiger charge is 2.59. The van der Waals surface area contributed by atoms with Gasteiger partial charge in [0.15, 0.2) is 0 Å². The van der Waals surface area contributed by atoms with E-state index in [1.165, 1.54) is 37.7 Å². The highest BCUT2D eigenvalue weighted by molar-refractivity contribution is 5.89. The third kappa shape index (κ3) is 2.33. The van der Waals surface area contributed by atoms with Crippen LogP contribution in [0.15, 0.2) is 23.8 Å². The Morgan fingerprint density at radius 2 is 2.04 bits per heavy atom. The van der Waals surface area contributed by atoms with E-state index in [9.17, 15) is 4.79 Å². The van der Waals surface area contributed by atoms with Crippen LogP contribution in [-0.4, -0.2) is 11.9 Å². The Morgan fingerprint density at radius 3 is 2.80 bits per heavy atom. The second kappa shape index (κ2) is 5.73. The van der Waals surface area contributed by atoms with Crippen molar-refractivity contribution in [2.45, 2.75) is 65.3 Å². The van der Waals surface area contributed by atoms with Gasteiger partial charge in [0.2, 0.25) is 5.91 Å². The van der Waals surface area contributed by atoms with Crippen LogP contribution in [0, 0.1) is 45.8 Å². The molecule has 1 N–H and O–H groups in total. The first-order valence-electron chi connectivity index (χ1n) is 9.96. The van der Waals surface area contributed by atoms with Crippen molar-refractivity contribution in [3.05, 3.63) is 23.8 Å². The average molecular weight is 338 g/mol. The molecule has 4 rings (SSSR count). The molecule has 1 heterocycles. The molecule has 0 aromatic carbocycles. The zero-order valence-electron chi connectivity index (χ0n) is 15.7. The first-order valence-corrected chi connectivity index (χ1v) is 9.96. The topological polar surface area (TPSA) is 52.9 Å². The summed E-state index contributed by atoms with van der Waals surface area (Å²) in [5, 5.41) is 12.3. The quantitative estimate of drug-likeness (QED) is 0.722. The summed E-state index contributed by atoms with van der Waals surface area (Å²) >= 11 is 0. The van der Waals surface area contributed by atoms with Crippen molar-refractivity contribution in [2.75, 3.05) is 0 Å². The van der Waals surface area contributed by atoms with Crippen LogP contribution < -0.4 is 5.32 Å². The molecule has 3 aliphatic carbocycles. The molecule has 0 bridgehead atoms. The van der Waals surface area contributed by atoms with Gasteiger partial charge in [-0.05, 0) is 80.6 Å². The maximum atomic E-state index is 11.8. The van der Waals surface area contributed by atoms with Crippen LogP contribution in [0.25, 0.3) is 0 Å². The number of amides is 1. The molecule has 7 unspecified atom stereocenters. The zero-order valence-corrected chi connectivity index (χ0v) is 15.7. The SMILES string of the molecule is C/C(=C\C#N)C1CCC2C3CCC4NC(=O)C=CC4(C)C3CCC12C. The number of allylic oxidation sites excluding steroid dienone is 2. The van der Waals surface area contributed by atoms with E-state index in [1.807, 2.05) is 0 Å². The fourth-order valence-corrected chi connectivity index (χ4v) is 7.28. The number of hydrogen-bond donors (Lipinski definition) is 1. The predicted molar refractivity (Wildman–Crippen MR) is 98.3 cm³/mol. The molecule has 1 aliphatic heterocycles. The molecule has 0 aromatic heterocycles. The van der Waals surface area contributed by atoms with Gasteiger partial charge in [-0.2, -0.15) is 5.26 Å². The van der Waals surface area contributed by atoms with Gasteiger partial charge in [-0.1, -0.05) is 25.5 Å². The minimum Gasteiger partial charge on any atom is -0.349 e. The van der Waals surface area contributed by atoms with Gasteiger partial charge in [0, 0.05) is 17.5 Å². The Balaban J connectivity index is 1.64. The maximum absolute atomic E-state index is 11.8. The van der Waals surface area contributed by atoms with Crippen LogP contribution in [0.3, 0.4) is 0 Å². The minimum absolute atomic E-state index is 0.0831. The number of fused-ring (bicyclic) bond motifs is 5. The van der Waals surface area contributed by atoms with Gasteiger partial charge < -0.3 is 5.32 Å². The first kappa shape index (κ1) is 16.9. The number of carbonyl (C=O) groups excluding carboxylic acids is 1. The lowest BCUT2D eigenvalue weighted by atomic mass is 9.47. The lowest BCUT2D eigenvalue weighted by Crippen LogP contribution is -2.59. The van der Waals surface area contributed by atoms with Crippen molar-refractivity contribution in [3.63, 3.8) is 0 Å². The number of carbonyl (C=O) groups is 1. The Hall–Kier alpha value is -1.56. The van der Waals surface area contributed by atoms with Crippen molar-refractivity contribution < 1.29 is 4.79 Å². The van der Waals surface area contributed by atoms with E-state index < -0.39 is 0 Å². The lowest BCUT2D eigenvalue weighted by molar-refractivity contribution is -0.122. The lowest BCUT2D eigenvalue weighted by Gasteiger charge is -2.59. The van der Waals surface area contributed by atoms with Gasteiger partial charge in [-0.15, -0.1) is 0 Å². The number of hydrogen-bond acceptors (Lipinski definition) is 2. The van der Waals surface area contributed by atoms with Gasteiger partial charge in [0.05, 0.1) is 6.07 Å². The largest absolute Gasteiger partial charge is 0.349 e. The third-order valence-corrected chi connectivity index (χ3v) is 8.53. The van der Waals surface area contributed by atoms with E-state index in [1.54, 1.807) is 12.2 Å². The Kier molecular flexibility index (Phi) is 3.87. The Bertz CT molecular complexity index is 687. The average Bonchev–Trinajstić information content (AvgIpc) is 2.93. The van der Waals surface area contributed by atoms with E-state index in [-0.39, 0.29) is 11.3 Å². The fourth-order valence-electron chi connectivity index (χ4n) is 7.28. The van der Waals surface area contributed by atoms with Crippen LogP contribution >= 0.6 is 0 Å². The van der Waals surface area contributed by atoms with Crippen molar-refractivity contribution in [1.82, 2.24) is 5.32 Å². The third-order valence-electron chi connectivity index (χ3n) is 8.53. The minimum atomic E-state index is 0.0831. The van der Waals surface area contributed by atoms with E-state index in [4.69, 9.17) is 5.26 Å². The number of rotatable bonds is 1. The second-order valence-electron chi connectivity index (χ2n) is 9.41. The molecule has 3 nitrogen and oxygen atoms in total. The fraction of sp³-hybridized carbons (Fsp3) is 0.727. The van der Waals surface area contributed by atoms with Crippen LogP contribution in [0.4, 0.5) is 0 Å². The highest BCUT2D eigenvalue weighted by atomic mass is 16.1. The van der Waals surface area contributed by atoms with Crippen molar-refractivity contribution in [3.8, 4) is 6.07 Å². The Morgan fingerprint density at radius 1 is 1.24 bits per heavy atom. The molecule has 0 spiro atoms. The van der Waals surface area contributed by atoms with E-state index >= 15 is 0 Å². The summed E-state index contributed by atoms with van der Waals surface area (Å²) in [6.45, 7) is 7.03. The molecule has 134 valence electrons. The molecule has 7 atom stereocenters.